The lowest BCUT2D eigenvalue weighted by Crippen LogP contribution is -2.48. The summed E-state index contributed by atoms with van der Waals surface area (Å²) in [6.45, 7) is 2.81. The largest absolute Gasteiger partial charge is 0.335 e. The molecule has 3 rings (SSSR count). The number of urea groups is 1. The molecular formula is C17H22N4O4. The number of nitro benzene ring substituents is 1. The second-order valence-corrected chi connectivity index (χ2v) is 6.75. The van der Waals surface area contributed by atoms with Crippen LogP contribution in [0.4, 0.5) is 16.2 Å². The van der Waals surface area contributed by atoms with Crippen LogP contribution >= 0.6 is 0 Å². The molecule has 8 nitrogen and oxygen atoms in total. The first kappa shape index (κ1) is 17.2. The molecule has 25 heavy (non-hydrogen) atoms. The van der Waals surface area contributed by atoms with E-state index in [0.717, 1.165) is 24.8 Å². The maximum atomic E-state index is 12.6. The number of likely N-dealkylation sites (tertiary alicyclic amines) is 1. The highest BCUT2D eigenvalue weighted by molar-refractivity contribution is 5.94. The Kier molecular flexibility index (Phi) is 4.87. The Morgan fingerprint density at radius 1 is 1.28 bits per heavy atom. The van der Waals surface area contributed by atoms with Crippen LogP contribution in [0.2, 0.25) is 0 Å². The first-order chi connectivity index (χ1) is 11.9. The van der Waals surface area contributed by atoms with Gasteiger partial charge in [0.2, 0.25) is 5.91 Å². The van der Waals surface area contributed by atoms with Gasteiger partial charge in [0.25, 0.3) is 5.69 Å². The highest BCUT2D eigenvalue weighted by atomic mass is 16.6. The lowest BCUT2D eigenvalue weighted by Gasteiger charge is -2.32. The van der Waals surface area contributed by atoms with E-state index >= 15 is 0 Å². The number of nitrogens with zero attached hydrogens (tertiary/aromatic N) is 2. The van der Waals surface area contributed by atoms with Gasteiger partial charge < -0.3 is 15.5 Å². The zero-order valence-electron chi connectivity index (χ0n) is 14.2. The maximum absolute atomic E-state index is 12.6. The lowest BCUT2D eigenvalue weighted by molar-refractivity contribution is -0.384. The SMILES string of the molecule is Cc1ccc([N+](=O)[O-])cc1NC(=O)C1CCCN(C(=O)NC2CC2)C1. The van der Waals surface area contributed by atoms with Gasteiger partial charge in [-0.1, -0.05) is 6.07 Å². The van der Waals surface area contributed by atoms with Crippen molar-refractivity contribution in [2.75, 3.05) is 18.4 Å². The maximum Gasteiger partial charge on any atom is 0.317 e. The lowest BCUT2D eigenvalue weighted by atomic mass is 9.97. The third-order valence-electron chi connectivity index (χ3n) is 4.67. The van der Waals surface area contributed by atoms with Gasteiger partial charge in [-0.05, 0) is 38.2 Å². The highest BCUT2D eigenvalue weighted by Crippen LogP contribution is 2.25. The van der Waals surface area contributed by atoms with Gasteiger partial charge in [0.1, 0.15) is 0 Å². The van der Waals surface area contributed by atoms with Crippen LogP contribution in [0.3, 0.4) is 0 Å². The number of piperidine rings is 1. The van der Waals surface area contributed by atoms with Gasteiger partial charge in [-0.15, -0.1) is 0 Å². The van der Waals surface area contributed by atoms with Crippen LogP contribution in [0.25, 0.3) is 0 Å². The second kappa shape index (κ2) is 7.08. The minimum atomic E-state index is -0.486. The number of nitrogens with one attached hydrogen (secondary N) is 2. The molecule has 2 aliphatic rings. The molecule has 1 saturated carbocycles. The fraction of sp³-hybridized carbons (Fsp3) is 0.529. The topological polar surface area (TPSA) is 105 Å². The zero-order valence-corrected chi connectivity index (χ0v) is 14.2. The summed E-state index contributed by atoms with van der Waals surface area (Å²) in [5.74, 6) is -0.509. The quantitative estimate of drug-likeness (QED) is 0.645. The number of hydrogen-bond donors (Lipinski definition) is 2. The van der Waals surface area contributed by atoms with Crippen LogP contribution in [-0.4, -0.2) is 40.9 Å². The monoisotopic (exact) mass is 346 g/mol. The van der Waals surface area contributed by atoms with Crippen LogP contribution < -0.4 is 10.6 Å². The van der Waals surface area contributed by atoms with Crippen molar-refractivity contribution in [2.45, 2.75) is 38.6 Å². The average Bonchev–Trinajstić information content (AvgIpc) is 3.40. The fourth-order valence-corrected chi connectivity index (χ4v) is 2.96. The first-order valence-corrected chi connectivity index (χ1v) is 8.55. The van der Waals surface area contributed by atoms with Gasteiger partial charge in [-0.3, -0.25) is 14.9 Å². The summed E-state index contributed by atoms with van der Waals surface area (Å²) in [5.41, 5.74) is 1.15. The van der Waals surface area contributed by atoms with Crippen LogP contribution in [0.5, 0.6) is 0 Å². The van der Waals surface area contributed by atoms with E-state index in [9.17, 15) is 19.7 Å². The summed E-state index contributed by atoms with van der Waals surface area (Å²) in [4.78, 5) is 36.8. The molecule has 1 unspecified atom stereocenters. The van der Waals surface area contributed by atoms with Crippen molar-refractivity contribution < 1.29 is 14.5 Å². The zero-order chi connectivity index (χ0) is 18.0. The standard InChI is InChI=1S/C17H22N4O4/c1-11-4-7-14(21(24)25)9-15(11)19-16(22)12-3-2-8-20(10-12)17(23)18-13-5-6-13/h4,7,9,12-13H,2-3,5-6,8,10H2,1H3,(H,18,23)(H,19,22). The van der Waals surface area contributed by atoms with Gasteiger partial charge in [-0.25, -0.2) is 4.79 Å². The van der Waals surface area contributed by atoms with E-state index in [0.29, 0.717) is 25.2 Å². The Balaban J connectivity index is 1.63. The minimum absolute atomic E-state index is 0.0602. The van der Waals surface area contributed by atoms with E-state index in [2.05, 4.69) is 10.6 Å². The third kappa shape index (κ3) is 4.26. The van der Waals surface area contributed by atoms with Gasteiger partial charge >= 0.3 is 6.03 Å². The number of non-ortho nitro benzene ring substituents is 1. The molecule has 134 valence electrons. The summed E-state index contributed by atoms with van der Waals surface area (Å²) in [6, 6.07) is 4.58. The normalized spacial score (nSPS) is 20.0. The van der Waals surface area contributed by atoms with Crippen LogP contribution in [0, 0.1) is 23.0 Å². The molecule has 0 radical (unpaired) electrons. The summed E-state index contributed by atoms with van der Waals surface area (Å²) < 4.78 is 0. The predicted octanol–water partition coefficient (Wildman–Crippen LogP) is 2.43. The Morgan fingerprint density at radius 2 is 2.04 bits per heavy atom. The number of carbonyl (C=O) groups excluding carboxylic acids is 2. The molecule has 3 amide bonds. The number of hydrogen-bond acceptors (Lipinski definition) is 4. The Labute approximate surface area is 145 Å². The Morgan fingerprint density at radius 3 is 2.72 bits per heavy atom. The van der Waals surface area contributed by atoms with Crippen molar-refractivity contribution >= 4 is 23.3 Å². The second-order valence-electron chi connectivity index (χ2n) is 6.75. The van der Waals surface area contributed by atoms with Crippen molar-refractivity contribution in [2.24, 2.45) is 5.92 Å². The van der Waals surface area contributed by atoms with Crippen LogP contribution in [0.15, 0.2) is 18.2 Å². The molecule has 0 aromatic heterocycles. The van der Waals surface area contributed by atoms with E-state index in [4.69, 9.17) is 0 Å². The van der Waals surface area contributed by atoms with Crippen LogP contribution in [0.1, 0.15) is 31.2 Å². The molecule has 8 heteroatoms. The van der Waals surface area contributed by atoms with Gasteiger partial charge in [-0.2, -0.15) is 0 Å². The summed E-state index contributed by atoms with van der Waals surface area (Å²) >= 11 is 0. The molecule has 2 N–H and O–H groups in total. The smallest absolute Gasteiger partial charge is 0.317 e. The first-order valence-electron chi connectivity index (χ1n) is 8.55. The number of amides is 3. The molecule has 1 saturated heterocycles. The summed E-state index contributed by atoms with van der Waals surface area (Å²) in [6.07, 6.45) is 3.52. The summed E-state index contributed by atoms with van der Waals surface area (Å²) in [5, 5.41) is 16.6. The molecule has 1 aliphatic heterocycles. The molecule has 1 aromatic rings. The minimum Gasteiger partial charge on any atom is -0.335 e. The Bertz CT molecular complexity index is 702. The molecule has 1 heterocycles. The van der Waals surface area contributed by atoms with Gasteiger partial charge in [0.15, 0.2) is 0 Å². The van der Waals surface area contributed by atoms with Crippen molar-refractivity contribution in [1.82, 2.24) is 10.2 Å². The van der Waals surface area contributed by atoms with Crippen molar-refractivity contribution in [3.05, 3.63) is 33.9 Å². The molecular weight excluding hydrogens is 324 g/mol. The molecule has 0 bridgehead atoms. The number of aryl methyl sites for hydroxylation is 1. The Hall–Kier alpha value is -2.64. The number of anilines is 1. The summed E-state index contributed by atoms with van der Waals surface area (Å²) in [7, 11) is 0. The van der Waals surface area contributed by atoms with Gasteiger partial charge in [0.05, 0.1) is 16.5 Å². The van der Waals surface area contributed by atoms with E-state index in [-0.39, 0.29) is 29.6 Å². The third-order valence-corrected chi connectivity index (χ3v) is 4.67. The fourth-order valence-electron chi connectivity index (χ4n) is 2.96. The number of rotatable bonds is 4. The molecule has 2 fully saturated rings. The number of benzene rings is 1. The van der Waals surface area contributed by atoms with E-state index in [1.165, 1.54) is 12.1 Å². The predicted molar refractivity (Wildman–Crippen MR) is 92.3 cm³/mol. The van der Waals surface area contributed by atoms with Crippen molar-refractivity contribution in [3.8, 4) is 0 Å². The van der Waals surface area contributed by atoms with Crippen LogP contribution in [-0.2, 0) is 4.79 Å². The van der Waals surface area contributed by atoms with Gasteiger partial charge in [0, 0.05) is 31.3 Å². The number of carbonyl (C=O) groups is 2. The van der Waals surface area contributed by atoms with E-state index in [1.54, 1.807) is 17.9 Å². The van der Waals surface area contributed by atoms with Crippen molar-refractivity contribution in [3.63, 3.8) is 0 Å². The average molecular weight is 346 g/mol. The molecule has 0 spiro atoms. The van der Waals surface area contributed by atoms with E-state index in [1.807, 2.05) is 0 Å². The number of nitro groups is 1. The molecule has 1 atom stereocenters. The van der Waals surface area contributed by atoms with Crippen molar-refractivity contribution in [1.29, 1.82) is 0 Å². The highest BCUT2D eigenvalue weighted by Gasteiger charge is 2.31. The molecule has 1 aliphatic carbocycles. The molecule has 1 aromatic carbocycles. The van der Waals surface area contributed by atoms with E-state index < -0.39 is 4.92 Å².